The Bertz CT molecular complexity index is 1870. The predicted molar refractivity (Wildman–Crippen MR) is 155 cm³/mol. The van der Waals surface area contributed by atoms with Crippen LogP contribution in [0.1, 0.15) is 32.1 Å². The van der Waals surface area contributed by atoms with Gasteiger partial charge in [0.15, 0.2) is 0 Å². The van der Waals surface area contributed by atoms with Gasteiger partial charge in [0, 0.05) is 39.5 Å². The molecule has 0 bridgehead atoms. The first-order valence-corrected chi connectivity index (χ1v) is 13.6. The van der Waals surface area contributed by atoms with Gasteiger partial charge in [-0.2, -0.15) is 5.10 Å². The average Bonchev–Trinajstić information content (AvgIpc) is 3.62. The zero-order chi connectivity index (χ0) is 27.1. The van der Waals surface area contributed by atoms with Crippen LogP contribution >= 0.6 is 0 Å². The molecule has 0 spiro atoms. The Hall–Kier alpha value is -4.85. The highest BCUT2D eigenvalue weighted by Crippen LogP contribution is 2.36. The van der Waals surface area contributed by atoms with Gasteiger partial charge in [0.2, 0.25) is 5.91 Å². The molecule has 6 aromatic rings. The summed E-state index contributed by atoms with van der Waals surface area (Å²) in [5, 5.41) is 12.5. The number of aromatic amines is 2. The fraction of sp³-hybridized carbons (Fsp3) is 0.188. The van der Waals surface area contributed by atoms with Gasteiger partial charge < -0.3 is 10.3 Å². The van der Waals surface area contributed by atoms with Gasteiger partial charge in [-0.05, 0) is 48.7 Å². The molecule has 7 nitrogen and oxygen atoms in total. The highest BCUT2D eigenvalue weighted by atomic mass is 19.1. The number of hydrogen-bond acceptors (Lipinski definition) is 4. The maximum absolute atomic E-state index is 14.6. The van der Waals surface area contributed by atoms with Crippen molar-refractivity contribution in [2.24, 2.45) is 5.92 Å². The fourth-order valence-corrected chi connectivity index (χ4v) is 5.73. The minimum absolute atomic E-state index is 0.0627. The number of nitrogens with one attached hydrogen (secondary N) is 3. The van der Waals surface area contributed by atoms with Crippen molar-refractivity contribution in [2.45, 2.75) is 32.1 Å². The van der Waals surface area contributed by atoms with Gasteiger partial charge in [-0.25, -0.2) is 4.39 Å². The Balaban J connectivity index is 1.23. The van der Waals surface area contributed by atoms with Crippen LogP contribution in [-0.2, 0) is 4.79 Å². The fourth-order valence-electron chi connectivity index (χ4n) is 5.73. The molecule has 0 atom stereocenters. The summed E-state index contributed by atoms with van der Waals surface area (Å²) >= 11 is 0. The number of anilines is 1. The number of nitrogens with zero attached hydrogens (tertiary/aromatic N) is 3. The van der Waals surface area contributed by atoms with Gasteiger partial charge in [0.1, 0.15) is 11.5 Å². The average molecular weight is 531 g/mol. The molecule has 1 aliphatic rings. The van der Waals surface area contributed by atoms with E-state index in [1.54, 1.807) is 30.7 Å². The first-order valence-electron chi connectivity index (χ1n) is 13.6. The molecule has 3 N–H and O–H groups in total. The predicted octanol–water partition coefficient (Wildman–Crippen LogP) is 7.49. The first-order chi connectivity index (χ1) is 19.6. The smallest absolute Gasteiger partial charge is 0.227 e. The Morgan fingerprint density at radius 3 is 2.60 bits per heavy atom. The molecular weight excluding hydrogens is 503 g/mol. The molecule has 2 aromatic carbocycles. The molecular formula is C32H27FN6O. The summed E-state index contributed by atoms with van der Waals surface area (Å²) in [6, 6.07) is 18.5. The largest absolute Gasteiger partial charge is 0.353 e. The lowest BCUT2D eigenvalue weighted by Gasteiger charge is -2.20. The van der Waals surface area contributed by atoms with E-state index in [1.165, 1.54) is 12.5 Å². The molecule has 0 saturated heterocycles. The SMILES string of the molecule is O=C(Nc1cncc(-c2cc3c(-c4cc5c(-c6ccccc6F)cccc5[nH]4)n[nH]c3cn2)c1)C1CCCCC1. The Labute approximate surface area is 229 Å². The number of hydrogen-bond donors (Lipinski definition) is 3. The molecule has 1 amide bonds. The minimum Gasteiger partial charge on any atom is -0.353 e. The monoisotopic (exact) mass is 530 g/mol. The summed E-state index contributed by atoms with van der Waals surface area (Å²) in [6.07, 6.45) is 10.5. The van der Waals surface area contributed by atoms with E-state index < -0.39 is 0 Å². The number of halogens is 1. The quantitative estimate of drug-likeness (QED) is 0.215. The second-order valence-electron chi connectivity index (χ2n) is 10.4. The van der Waals surface area contributed by atoms with Gasteiger partial charge in [0.05, 0.1) is 35.0 Å². The molecule has 1 fully saturated rings. The molecule has 40 heavy (non-hydrogen) atoms. The number of benzene rings is 2. The summed E-state index contributed by atoms with van der Waals surface area (Å²) < 4.78 is 14.6. The maximum Gasteiger partial charge on any atom is 0.227 e. The molecule has 4 heterocycles. The Kier molecular flexibility index (Phi) is 6.07. The maximum atomic E-state index is 14.6. The lowest BCUT2D eigenvalue weighted by Crippen LogP contribution is -2.24. The number of carbonyl (C=O) groups excluding carboxylic acids is 1. The molecule has 1 saturated carbocycles. The molecule has 7 rings (SSSR count). The Morgan fingerprint density at radius 1 is 0.875 bits per heavy atom. The van der Waals surface area contributed by atoms with Gasteiger partial charge >= 0.3 is 0 Å². The van der Waals surface area contributed by atoms with Crippen molar-refractivity contribution in [2.75, 3.05) is 5.32 Å². The lowest BCUT2D eigenvalue weighted by molar-refractivity contribution is -0.120. The molecule has 4 aromatic heterocycles. The third-order valence-electron chi connectivity index (χ3n) is 7.81. The topological polar surface area (TPSA) is 99.4 Å². The molecule has 198 valence electrons. The lowest BCUT2D eigenvalue weighted by atomic mass is 9.88. The number of fused-ring (bicyclic) bond motifs is 2. The zero-order valence-electron chi connectivity index (χ0n) is 21.7. The van der Waals surface area contributed by atoms with Crippen molar-refractivity contribution < 1.29 is 9.18 Å². The van der Waals surface area contributed by atoms with Crippen LogP contribution in [0.15, 0.2) is 79.3 Å². The zero-order valence-corrected chi connectivity index (χ0v) is 21.7. The van der Waals surface area contributed by atoms with Crippen LogP contribution in [-0.4, -0.2) is 31.1 Å². The van der Waals surface area contributed by atoms with E-state index in [0.717, 1.165) is 75.7 Å². The highest BCUT2D eigenvalue weighted by Gasteiger charge is 2.21. The molecule has 8 heteroatoms. The summed E-state index contributed by atoms with van der Waals surface area (Å²) in [5.74, 6) is -0.132. The van der Waals surface area contributed by atoms with Crippen molar-refractivity contribution in [3.05, 3.63) is 85.1 Å². The summed E-state index contributed by atoms with van der Waals surface area (Å²) in [6.45, 7) is 0. The van der Waals surface area contributed by atoms with E-state index in [9.17, 15) is 9.18 Å². The van der Waals surface area contributed by atoms with Crippen LogP contribution < -0.4 is 5.32 Å². The molecule has 0 unspecified atom stereocenters. The van der Waals surface area contributed by atoms with Crippen LogP contribution in [0, 0.1) is 11.7 Å². The van der Waals surface area contributed by atoms with Gasteiger partial charge in [-0.1, -0.05) is 49.6 Å². The summed E-state index contributed by atoms with van der Waals surface area (Å²) in [5.41, 5.74) is 6.80. The van der Waals surface area contributed by atoms with Crippen molar-refractivity contribution >= 4 is 33.4 Å². The standard InChI is InChI=1S/C32H27FN6O/c33-26-11-5-4-9-23(26)22-10-6-12-27-24(22)14-29(37-27)31-25-15-28(35-18-30(25)38-39-31)20-13-21(17-34-16-20)36-32(40)19-7-2-1-3-8-19/h4-6,9-19,37H,1-3,7-8H2,(H,36,40)(H,38,39). The van der Waals surface area contributed by atoms with Crippen LogP contribution in [0.25, 0.3) is 55.6 Å². The second kappa shape index (κ2) is 10.0. The minimum atomic E-state index is -0.260. The van der Waals surface area contributed by atoms with E-state index in [4.69, 9.17) is 0 Å². The summed E-state index contributed by atoms with van der Waals surface area (Å²) in [4.78, 5) is 25.2. The third kappa shape index (κ3) is 4.41. The van der Waals surface area contributed by atoms with Crippen LogP contribution in [0.4, 0.5) is 10.1 Å². The van der Waals surface area contributed by atoms with Crippen molar-refractivity contribution in [3.8, 4) is 33.8 Å². The van der Waals surface area contributed by atoms with Gasteiger partial charge in [-0.3, -0.25) is 19.9 Å². The number of rotatable bonds is 5. The molecule has 1 aliphatic carbocycles. The van der Waals surface area contributed by atoms with Crippen LogP contribution in [0.2, 0.25) is 0 Å². The molecule has 0 radical (unpaired) electrons. The number of carbonyl (C=O) groups is 1. The van der Waals surface area contributed by atoms with Crippen molar-refractivity contribution in [1.29, 1.82) is 0 Å². The van der Waals surface area contributed by atoms with Crippen molar-refractivity contribution in [3.63, 3.8) is 0 Å². The third-order valence-corrected chi connectivity index (χ3v) is 7.81. The normalized spacial score (nSPS) is 14.1. The van der Waals surface area contributed by atoms with E-state index in [-0.39, 0.29) is 17.6 Å². The second-order valence-corrected chi connectivity index (χ2v) is 10.4. The number of amides is 1. The van der Waals surface area contributed by atoms with E-state index in [1.807, 2.05) is 42.5 Å². The number of aromatic nitrogens is 5. The number of H-pyrrole nitrogens is 2. The van der Waals surface area contributed by atoms with Gasteiger partial charge in [0.25, 0.3) is 0 Å². The van der Waals surface area contributed by atoms with E-state index in [2.05, 4.69) is 30.5 Å². The van der Waals surface area contributed by atoms with Crippen LogP contribution in [0.3, 0.4) is 0 Å². The van der Waals surface area contributed by atoms with Crippen molar-refractivity contribution in [1.82, 2.24) is 25.1 Å². The van der Waals surface area contributed by atoms with E-state index >= 15 is 0 Å². The molecule has 0 aliphatic heterocycles. The number of pyridine rings is 2. The highest BCUT2D eigenvalue weighted by molar-refractivity contribution is 6.01. The summed E-state index contributed by atoms with van der Waals surface area (Å²) in [7, 11) is 0. The van der Waals surface area contributed by atoms with E-state index in [0.29, 0.717) is 11.3 Å². The first kappa shape index (κ1) is 24.2. The Morgan fingerprint density at radius 2 is 1.73 bits per heavy atom. The van der Waals surface area contributed by atoms with Crippen LogP contribution in [0.5, 0.6) is 0 Å². The van der Waals surface area contributed by atoms with Gasteiger partial charge in [-0.15, -0.1) is 0 Å².